The molecule has 0 N–H and O–H groups in total. The molecule has 3 fully saturated rings. The third-order valence-electron chi connectivity index (χ3n) is 5.80. The zero-order valence-corrected chi connectivity index (χ0v) is 13.0. The number of carbonyl (C=O) groups excluding carboxylic acids is 1. The lowest BCUT2D eigenvalue weighted by Crippen LogP contribution is -2.56. The molecule has 3 aliphatic rings. The summed E-state index contributed by atoms with van der Waals surface area (Å²) in [5, 5.41) is 0. The molecule has 0 saturated heterocycles. The van der Waals surface area contributed by atoms with E-state index in [4.69, 9.17) is 4.74 Å². The SMILES string of the molecule is CC1(C)[C@H]2C[C@H](F)[C@@H](CCOC(=O)c3ccc(F)cc3)[C@@H]1C2. The molecule has 2 nitrogen and oxygen atoms in total. The number of alkyl halides is 1. The first-order chi connectivity index (χ1) is 10.4. The van der Waals surface area contributed by atoms with Crippen LogP contribution in [0.3, 0.4) is 0 Å². The van der Waals surface area contributed by atoms with Crippen LogP contribution in [0, 0.1) is 29.0 Å². The molecule has 4 atom stereocenters. The smallest absolute Gasteiger partial charge is 0.338 e. The average molecular weight is 308 g/mol. The van der Waals surface area contributed by atoms with E-state index in [2.05, 4.69) is 13.8 Å². The van der Waals surface area contributed by atoms with Gasteiger partial charge in [-0.05, 0) is 66.7 Å². The van der Waals surface area contributed by atoms with Crippen molar-refractivity contribution in [2.45, 2.75) is 39.3 Å². The van der Waals surface area contributed by atoms with Crippen LogP contribution >= 0.6 is 0 Å². The molecule has 0 radical (unpaired) electrons. The first kappa shape index (κ1) is 15.4. The van der Waals surface area contributed by atoms with Crippen LogP contribution in [-0.4, -0.2) is 18.7 Å². The van der Waals surface area contributed by atoms with E-state index in [0.717, 1.165) is 6.42 Å². The highest BCUT2D eigenvalue weighted by Crippen LogP contribution is 2.62. The summed E-state index contributed by atoms with van der Waals surface area (Å²) in [4.78, 5) is 11.9. The monoisotopic (exact) mass is 308 g/mol. The normalized spacial score (nSPS) is 32.2. The molecule has 4 heteroatoms. The largest absolute Gasteiger partial charge is 0.462 e. The Morgan fingerprint density at radius 2 is 1.95 bits per heavy atom. The molecule has 0 unspecified atom stereocenters. The van der Waals surface area contributed by atoms with Crippen LogP contribution in [0.25, 0.3) is 0 Å². The molecule has 3 saturated carbocycles. The van der Waals surface area contributed by atoms with Gasteiger partial charge in [-0.15, -0.1) is 0 Å². The lowest BCUT2D eigenvalue weighted by Gasteiger charge is -2.61. The second kappa shape index (κ2) is 5.64. The van der Waals surface area contributed by atoms with Crippen molar-refractivity contribution in [1.29, 1.82) is 0 Å². The number of fused-ring (bicyclic) bond motifs is 2. The lowest BCUT2D eigenvalue weighted by atomic mass is 9.45. The number of halogens is 2. The number of esters is 1. The van der Waals surface area contributed by atoms with Crippen LogP contribution in [0.5, 0.6) is 0 Å². The molecular weight excluding hydrogens is 286 g/mol. The Bertz CT molecular complexity index is 553. The summed E-state index contributed by atoms with van der Waals surface area (Å²) < 4.78 is 32.2. The van der Waals surface area contributed by atoms with Gasteiger partial charge < -0.3 is 4.74 Å². The summed E-state index contributed by atoms with van der Waals surface area (Å²) in [6.07, 6.45) is 1.53. The van der Waals surface area contributed by atoms with Crippen LogP contribution in [0.4, 0.5) is 8.78 Å². The number of hydrogen-bond acceptors (Lipinski definition) is 2. The number of benzene rings is 1. The molecule has 0 aromatic heterocycles. The number of rotatable bonds is 4. The van der Waals surface area contributed by atoms with E-state index >= 15 is 0 Å². The predicted molar refractivity (Wildman–Crippen MR) is 79.7 cm³/mol. The van der Waals surface area contributed by atoms with Gasteiger partial charge in [0.05, 0.1) is 12.2 Å². The minimum Gasteiger partial charge on any atom is -0.462 e. The number of ether oxygens (including phenoxy) is 1. The van der Waals surface area contributed by atoms with Crippen molar-refractivity contribution in [1.82, 2.24) is 0 Å². The van der Waals surface area contributed by atoms with E-state index < -0.39 is 12.1 Å². The van der Waals surface area contributed by atoms with Gasteiger partial charge in [0.2, 0.25) is 0 Å². The summed E-state index contributed by atoms with van der Waals surface area (Å²) in [6, 6.07) is 5.25. The quantitative estimate of drug-likeness (QED) is 0.771. The molecule has 0 aliphatic heterocycles. The third kappa shape index (κ3) is 2.64. The van der Waals surface area contributed by atoms with Crippen LogP contribution in [0.15, 0.2) is 24.3 Å². The minimum atomic E-state index is -0.777. The molecule has 2 bridgehead atoms. The van der Waals surface area contributed by atoms with E-state index in [9.17, 15) is 13.6 Å². The molecule has 3 aliphatic carbocycles. The first-order valence-electron chi connectivity index (χ1n) is 7.96. The fourth-order valence-electron chi connectivity index (χ4n) is 4.22. The molecule has 1 aromatic rings. The topological polar surface area (TPSA) is 26.3 Å². The maximum atomic E-state index is 14.2. The van der Waals surface area contributed by atoms with Crippen molar-refractivity contribution in [3.8, 4) is 0 Å². The summed E-state index contributed by atoms with van der Waals surface area (Å²) >= 11 is 0. The molecule has 22 heavy (non-hydrogen) atoms. The van der Waals surface area contributed by atoms with Crippen molar-refractivity contribution < 1.29 is 18.3 Å². The van der Waals surface area contributed by atoms with Crippen LogP contribution in [0.1, 0.15) is 43.5 Å². The molecular formula is C18H22F2O2. The fourth-order valence-corrected chi connectivity index (χ4v) is 4.22. The summed E-state index contributed by atoms with van der Waals surface area (Å²) in [6.45, 7) is 4.66. The third-order valence-corrected chi connectivity index (χ3v) is 5.80. The number of hydrogen-bond donors (Lipinski definition) is 0. The molecule has 0 spiro atoms. The average Bonchev–Trinajstić information content (AvgIpc) is 2.48. The Kier molecular flexibility index (Phi) is 3.96. The van der Waals surface area contributed by atoms with E-state index in [-0.39, 0.29) is 23.8 Å². The van der Waals surface area contributed by atoms with Gasteiger partial charge in [0.25, 0.3) is 0 Å². The van der Waals surface area contributed by atoms with Gasteiger partial charge in [-0.1, -0.05) is 13.8 Å². The van der Waals surface area contributed by atoms with Crippen LogP contribution in [-0.2, 0) is 4.74 Å². The van der Waals surface area contributed by atoms with Gasteiger partial charge in [0, 0.05) is 0 Å². The second-order valence-corrected chi connectivity index (χ2v) is 7.21. The van der Waals surface area contributed by atoms with E-state index in [1.165, 1.54) is 24.3 Å². The number of carbonyl (C=O) groups is 1. The van der Waals surface area contributed by atoms with Gasteiger partial charge in [-0.25, -0.2) is 13.6 Å². The highest BCUT2D eigenvalue weighted by Gasteiger charge is 2.57. The van der Waals surface area contributed by atoms with E-state index in [0.29, 0.717) is 30.2 Å². The van der Waals surface area contributed by atoms with Gasteiger partial charge in [-0.2, -0.15) is 0 Å². The van der Waals surface area contributed by atoms with E-state index in [1.807, 2.05) is 0 Å². The summed E-state index contributed by atoms with van der Waals surface area (Å²) in [5.41, 5.74) is 0.541. The van der Waals surface area contributed by atoms with E-state index in [1.54, 1.807) is 0 Å². The lowest BCUT2D eigenvalue weighted by molar-refractivity contribution is -0.144. The molecule has 4 rings (SSSR count). The zero-order valence-electron chi connectivity index (χ0n) is 13.0. The standard InChI is InChI=1S/C18H22F2O2/c1-18(2)12-9-15(18)14(16(20)10-12)7-8-22-17(21)11-3-5-13(19)6-4-11/h3-6,12,14-16H,7-10H2,1-2H3/t12-,14+,15+,16+/m1/s1. The zero-order chi connectivity index (χ0) is 15.9. The van der Waals surface area contributed by atoms with Crippen LogP contribution < -0.4 is 0 Å². The van der Waals surface area contributed by atoms with Gasteiger partial charge >= 0.3 is 5.97 Å². The van der Waals surface area contributed by atoms with Crippen LogP contribution in [0.2, 0.25) is 0 Å². The van der Waals surface area contributed by atoms with Crippen molar-refractivity contribution >= 4 is 5.97 Å². The Hall–Kier alpha value is -1.45. The van der Waals surface area contributed by atoms with Gasteiger partial charge in [0.15, 0.2) is 0 Å². The first-order valence-corrected chi connectivity index (χ1v) is 7.96. The molecule has 120 valence electrons. The van der Waals surface area contributed by atoms with Gasteiger partial charge in [-0.3, -0.25) is 0 Å². The predicted octanol–water partition coefficient (Wildman–Crippen LogP) is 4.39. The summed E-state index contributed by atoms with van der Waals surface area (Å²) in [7, 11) is 0. The van der Waals surface area contributed by atoms with Crippen molar-refractivity contribution in [3.05, 3.63) is 35.6 Å². The van der Waals surface area contributed by atoms with Crippen molar-refractivity contribution in [3.63, 3.8) is 0 Å². The highest BCUT2D eigenvalue weighted by molar-refractivity contribution is 5.89. The van der Waals surface area contributed by atoms with Crippen molar-refractivity contribution in [2.75, 3.05) is 6.61 Å². The van der Waals surface area contributed by atoms with Gasteiger partial charge in [0.1, 0.15) is 12.0 Å². The fraction of sp³-hybridized carbons (Fsp3) is 0.611. The Morgan fingerprint density at radius 1 is 1.27 bits per heavy atom. The Morgan fingerprint density at radius 3 is 2.59 bits per heavy atom. The Labute approximate surface area is 129 Å². The molecule has 0 heterocycles. The maximum Gasteiger partial charge on any atom is 0.338 e. The van der Waals surface area contributed by atoms with Crippen molar-refractivity contribution in [2.24, 2.45) is 23.2 Å². The minimum absolute atomic E-state index is 0.0129. The summed E-state index contributed by atoms with van der Waals surface area (Å²) in [5.74, 6) is 0.0232. The molecule has 0 amide bonds. The molecule has 1 aromatic carbocycles. The maximum absolute atomic E-state index is 14.2. The highest BCUT2D eigenvalue weighted by atomic mass is 19.1. The Balaban J connectivity index is 1.52. The second-order valence-electron chi connectivity index (χ2n) is 7.21.